The van der Waals surface area contributed by atoms with Gasteiger partial charge in [-0.3, -0.25) is 24.4 Å². The number of alkyl halides is 3. The summed E-state index contributed by atoms with van der Waals surface area (Å²) in [6, 6.07) is 13.5. The van der Waals surface area contributed by atoms with Crippen molar-refractivity contribution < 1.29 is 37.5 Å². The molecule has 0 spiro atoms. The van der Waals surface area contributed by atoms with Crippen LogP contribution in [0, 0.1) is 10.1 Å². The smallest absolute Gasteiger partial charge is 0.490 e. The number of fused-ring (bicyclic) bond motifs is 1. The highest BCUT2D eigenvalue weighted by Crippen LogP contribution is 2.33. The molecule has 0 amide bonds. The third-order valence-electron chi connectivity index (χ3n) is 6.33. The Morgan fingerprint density at radius 3 is 2.38 bits per heavy atom. The summed E-state index contributed by atoms with van der Waals surface area (Å²) in [6.45, 7) is 3.68. The van der Waals surface area contributed by atoms with E-state index in [-0.39, 0.29) is 11.2 Å². The second-order valence-corrected chi connectivity index (χ2v) is 10.1. The van der Waals surface area contributed by atoms with Crippen LogP contribution in [0.4, 0.5) is 18.9 Å². The Balaban J connectivity index is 0.000000517. The molecule has 11 nitrogen and oxygen atoms in total. The average molecular weight is 607 g/mol. The molecule has 42 heavy (non-hydrogen) atoms. The Labute approximate surface area is 240 Å². The molecule has 3 heterocycles. The molecule has 0 atom stereocenters. The minimum atomic E-state index is -5.08. The van der Waals surface area contributed by atoms with E-state index in [1.807, 2.05) is 18.2 Å². The SMILES string of the molecule is COc1cc(-n2cnc3cc(-c4ccc([N+](=O)[O-])cc4)sc3c2=O)ccc1OCCN1CCCC1.O=C(O)C(F)(F)F. The summed E-state index contributed by atoms with van der Waals surface area (Å²) in [5.41, 5.74) is 1.82. The zero-order valence-corrected chi connectivity index (χ0v) is 23.0. The largest absolute Gasteiger partial charge is 0.493 e. The molecule has 0 saturated carbocycles. The zero-order chi connectivity index (χ0) is 30.4. The van der Waals surface area contributed by atoms with Crippen LogP contribution in [0.15, 0.2) is 59.7 Å². The number of carbonyl (C=O) groups is 1. The molecule has 5 rings (SSSR count). The van der Waals surface area contributed by atoms with E-state index in [0.717, 1.165) is 30.1 Å². The van der Waals surface area contributed by atoms with Gasteiger partial charge < -0.3 is 14.6 Å². The summed E-state index contributed by atoms with van der Waals surface area (Å²) in [6.07, 6.45) is -1.10. The van der Waals surface area contributed by atoms with Crippen LogP contribution in [0.2, 0.25) is 0 Å². The molecule has 1 fully saturated rings. The van der Waals surface area contributed by atoms with Crippen LogP contribution < -0.4 is 15.0 Å². The number of rotatable bonds is 8. The lowest BCUT2D eigenvalue weighted by Gasteiger charge is -2.17. The first-order chi connectivity index (χ1) is 20.0. The molecular weight excluding hydrogens is 581 g/mol. The maximum absolute atomic E-state index is 13.3. The van der Waals surface area contributed by atoms with Gasteiger partial charge in [-0.05, 0) is 61.8 Å². The van der Waals surface area contributed by atoms with Crippen LogP contribution in [-0.4, -0.2) is 70.0 Å². The molecule has 1 aliphatic rings. The molecule has 2 aromatic carbocycles. The molecule has 2 aromatic heterocycles. The first kappa shape index (κ1) is 30.5. The molecule has 222 valence electrons. The van der Waals surface area contributed by atoms with Crippen molar-refractivity contribution >= 4 is 33.2 Å². The van der Waals surface area contributed by atoms with Gasteiger partial charge in [-0.25, -0.2) is 9.78 Å². The molecule has 0 bridgehead atoms. The van der Waals surface area contributed by atoms with Crippen molar-refractivity contribution in [2.75, 3.05) is 33.4 Å². The molecule has 1 aliphatic heterocycles. The highest BCUT2D eigenvalue weighted by Gasteiger charge is 2.38. The molecule has 0 radical (unpaired) electrons. The standard InChI is InChI=1S/C25H24N4O5S.C2HF3O2/c1-33-22-14-19(8-9-21(22)34-13-12-27-10-2-3-11-27)28-16-26-20-15-23(35-24(20)25(28)30)17-4-6-18(7-5-17)29(31)32;3-2(4,5)1(6)7/h4-9,14-16H,2-3,10-13H2,1H3;(H,6,7). The van der Waals surface area contributed by atoms with E-state index in [1.165, 1.54) is 47.2 Å². The van der Waals surface area contributed by atoms with Gasteiger partial charge in [-0.15, -0.1) is 11.3 Å². The van der Waals surface area contributed by atoms with Crippen LogP contribution in [0.3, 0.4) is 0 Å². The van der Waals surface area contributed by atoms with Crippen molar-refractivity contribution in [1.82, 2.24) is 14.5 Å². The molecule has 1 saturated heterocycles. The van der Waals surface area contributed by atoms with Gasteiger partial charge in [0.2, 0.25) is 0 Å². The lowest BCUT2D eigenvalue weighted by atomic mass is 10.2. The van der Waals surface area contributed by atoms with E-state index in [4.69, 9.17) is 19.4 Å². The lowest BCUT2D eigenvalue weighted by molar-refractivity contribution is -0.384. The summed E-state index contributed by atoms with van der Waals surface area (Å²) >= 11 is 1.31. The predicted molar refractivity (Wildman–Crippen MR) is 149 cm³/mol. The summed E-state index contributed by atoms with van der Waals surface area (Å²) < 4.78 is 45.2. The molecule has 4 aromatic rings. The highest BCUT2D eigenvalue weighted by molar-refractivity contribution is 7.22. The number of hydrogen-bond donors (Lipinski definition) is 1. The molecule has 1 N–H and O–H groups in total. The van der Waals surface area contributed by atoms with Gasteiger partial charge in [0.25, 0.3) is 11.2 Å². The fraction of sp³-hybridized carbons (Fsp3) is 0.296. The number of carboxylic acids is 1. The number of nitro groups is 1. The number of hydrogen-bond acceptors (Lipinski definition) is 9. The Morgan fingerprint density at radius 2 is 1.79 bits per heavy atom. The van der Waals surface area contributed by atoms with E-state index >= 15 is 0 Å². The van der Waals surface area contributed by atoms with Crippen molar-refractivity contribution in [2.24, 2.45) is 0 Å². The van der Waals surface area contributed by atoms with Gasteiger partial charge in [0, 0.05) is 29.6 Å². The van der Waals surface area contributed by atoms with Crippen molar-refractivity contribution in [3.63, 3.8) is 0 Å². The summed E-state index contributed by atoms with van der Waals surface area (Å²) in [4.78, 5) is 40.3. The zero-order valence-electron chi connectivity index (χ0n) is 22.2. The fourth-order valence-electron chi connectivity index (χ4n) is 4.20. The lowest BCUT2D eigenvalue weighted by Crippen LogP contribution is -2.25. The van der Waals surface area contributed by atoms with Crippen molar-refractivity contribution in [3.8, 4) is 27.6 Å². The Morgan fingerprint density at radius 1 is 1.12 bits per heavy atom. The third-order valence-corrected chi connectivity index (χ3v) is 7.49. The molecule has 15 heteroatoms. The molecule has 0 aliphatic carbocycles. The normalized spacial score (nSPS) is 13.4. The van der Waals surface area contributed by atoms with Crippen LogP contribution in [0.25, 0.3) is 26.3 Å². The third kappa shape index (κ3) is 7.22. The Bertz CT molecular complexity index is 1630. The number of benzene rings is 2. The summed E-state index contributed by atoms with van der Waals surface area (Å²) in [5, 5.41) is 18.0. The van der Waals surface area contributed by atoms with Crippen molar-refractivity contribution in [2.45, 2.75) is 19.0 Å². The fourth-order valence-corrected chi connectivity index (χ4v) is 5.25. The summed E-state index contributed by atoms with van der Waals surface area (Å²) in [5.74, 6) is -1.57. The minimum Gasteiger partial charge on any atom is -0.493 e. The van der Waals surface area contributed by atoms with Gasteiger partial charge in [-0.2, -0.15) is 13.2 Å². The van der Waals surface area contributed by atoms with E-state index < -0.39 is 17.1 Å². The minimum absolute atomic E-state index is 0.0211. The number of ether oxygens (including phenoxy) is 2. The highest BCUT2D eigenvalue weighted by atomic mass is 32.1. The maximum Gasteiger partial charge on any atom is 0.490 e. The monoisotopic (exact) mass is 606 g/mol. The number of aromatic nitrogens is 2. The first-order valence-electron chi connectivity index (χ1n) is 12.6. The van der Waals surface area contributed by atoms with Crippen LogP contribution in [-0.2, 0) is 4.79 Å². The van der Waals surface area contributed by atoms with E-state index in [1.54, 1.807) is 25.3 Å². The van der Waals surface area contributed by atoms with E-state index in [2.05, 4.69) is 9.88 Å². The van der Waals surface area contributed by atoms with Gasteiger partial charge in [0.15, 0.2) is 11.5 Å². The Kier molecular flexibility index (Phi) is 9.42. The average Bonchev–Trinajstić information content (AvgIpc) is 3.64. The number of aliphatic carboxylic acids is 1. The van der Waals surface area contributed by atoms with Crippen molar-refractivity contribution in [3.05, 3.63) is 75.3 Å². The van der Waals surface area contributed by atoms with Gasteiger partial charge >= 0.3 is 12.1 Å². The second-order valence-electron chi connectivity index (χ2n) is 9.08. The first-order valence-corrected chi connectivity index (χ1v) is 13.4. The number of nitrogens with zero attached hydrogens (tertiary/aromatic N) is 4. The van der Waals surface area contributed by atoms with Gasteiger partial charge in [0.05, 0.1) is 23.2 Å². The van der Waals surface area contributed by atoms with Crippen molar-refractivity contribution in [1.29, 1.82) is 0 Å². The number of carboxylic acid groups (broad SMARTS) is 1. The van der Waals surface area contributed by atoms with Crippen LogP contribution in [0.5, 0.6) is 11.5 Å². The topological polar surface area (TPSA) is 137 Å². The second kappa shape index (κ2) is 13.0. The molecular formula is C27H25F3N4O7S. The number of thiophene rings is 1. The van der Waals surface area contributed by atoms with Crippen LogP contribution in [0.1, 0.15) is 12.8 Å². The molecule has 0 unspecified atom stereocenters. The van der Waals surface area contributed by atoms with E-state index in [9.17, 15) is 28.1 Å². The number of halogens is 3. The predicted octanol–water partition coefficient (Wildman–Crippen LogP) is 5.14. The maximum atomic E-state index is 13.3. The Hall–Kier alpha value is -4.50. The number of non-ortho nitro benzene ring substituents is 1. The van der Waals surface area contributed by atoms with Gasteiger partial charge in [0.1, 0.15) is 17.6 Å². The van der Waals surface area contributed by atoms with Crippen LogP contribution >= 0.6 is 11.3 Å². The van der Waals surface area contributed by atoms with E-state index in [0.29, 0.717) is 34.0 Å². The number of methoxy groups -OCH3 is 1. The summed E-state index contributed by atoms with van der Waals surface area (Å²) in [7, 11) is 1.58. The number of nitro benzene ring substituents is 1. The quantitative estimate of drug-likeness (QED) is 0.214. The number of likely N-dealkylation sites (tertiary alicyclic amines) is 1. The van der Waals surface area contributed by atoms with Gasteiger partial charge in [-0.1, -0.05) is 0 Å².